The Hall–Kier alpha value is -3.00. The van der Waals surface area contributed by atoms with Crippen LogP contribution >= 0.6 is 11.5 Å². The van der Waals surface area contributed by atoms with E-state index in [1.807, 2.05) is 52.8 Å². The topological polar surface area (TPSA) is 88.3 Å². The standard InChI is InChI=1S/C22H26N4O3S/c1-6-22(4,5)23-20(27)19(18-8-7-9-29-18)26(21(28)17-13-30-25-24-17)16-11-14(2)10-15(3)12-16/h7-13,19H,6H2,1-5H3,(H,23,27). The van der Waals surface area contributed by atoms with Crippen molar-refractivity contribution in [3.8, 4) is 0 Å². The SMILES string of the molecule is CCC(C)(C)NC(=O)C(c1ccco1)N(C(=O)c1csnn1)c1cc(C)cc(C)c1. The first kappa shape index (κ1) is 21.7. The Morgan fingerprint density at radius 1 is 1.23 bits per heavy atom. The van der Waals surface area contributed by atoms with E-state index in [0.29, 0.717) is 11.4 Å². The summed E-state index contributed by atoms with van der Waals surface area (Å²) >= 11 is 1.09. The zero-order chi connectivity index (χ0) is 21.9. The molecule has 0 aliphatic rings. The first-order chi connectivity index (χ1) is 14.2. The van der Waals surface area contributed by atoms with Gasteiger partial charge in [0.2, 0.25) is 0 Å². The van der Waals surface area contributed by atoms with Crippen LogP contribution in [-0.4, -0.2) is 26.9 Å². The molecule has 8 heteroatoms. The fourth-order valence-corrected chi connectivity index (χ4v) is 3.60. The Bertz CT molecular complexity index is 993. The first-order valence-corrected chi connectivity index (χ1v) is 10.6. The number of aromatic nitrogens is 2. The molecule has 7 nitrogen and oxygen atoms in total. The maximum atomic E-state index is 13.5. The molecular weight excluding hydrogens is 400 g/mol. The predicted molar refractivity (Wildman–Crippen MR) is 117 cm³/mol. The van der Waals surface area contributed by atoms with Crippen LogP contribution in [0.5, 0.6) is 0 Å². The van der Waals surface area contributed by atoms with E-state index in [9.17, 15) is 9.59 Å². The third kappa shape index (κ3) is 4.76. The van der Waals surface area contributed by atoms with E-state index in [1.54, 1.807) is 17.5 Å². The van der Waals surface area contributed by atoms with Crippen molar-refractivity contribution in [3.05, 3.63) is 64.6 Å². The van der Waals surface area contributed by atoms with Gasteiger partial charge >= 0.3 is 0 Å². The van der Waals surface area contributed by atoms with E-state index in [0.717, 1.165) is 29.1 Å². The second-order valence-corrected chi connectivity index (χ2v) is 8.57. The number of hydrogen-bond acceptors (Lipinski definition) is 6. The number of nitrogens with one attached hydrogen (secondary N) is 1. The van der Waals surface area contributed by atoms with E-state index in [4.69, 9.17) is 4.42 Å². The van der Waals surface area contributed by atoms with Crippen LogP contribution in [0.15, 0.2) is 46.4 Å². The Balaban J connectivity index is 2.16. The number of hydrogen-bond donors (Lipinski definition) is 1. The second-order valence-electron chi connectivity index (χ2n) is 7.96. The number of carbonyl (C=O) groups excluding carboxylic acids is 2. The summed E-state index contributed by atoms with van der Waals surface area (Å²) in [4.78, 5) is 28.4. The quantitative estimate of drug-likeness (QED) is 0.603. The average Bonchev–Trinajstić information content (AvgIpc) is 3.38. The number of rotatable bonds is 7. The van der Waals surface area contributed by atoms with Gasteiger partial charge in [0, 0.05) is 16.6 Å². The third-order valence-corrected chi connectivity index (χ3v) is 5.45. The molecule has 0 saturated heterocycles. The zero-order valence-corrected chi connectivity index (χ0v) is 18.6. The average molecular weight is 427 g/mol. The zero-order valence-electron chi connectivity index (χ0n) is 17.8. The van der Waals surface area contributed by atoms with Gasteiger partial charge in [-0.2, -0.15) is 0 Å². The number of furan rings is 1. The second kappa shape index (κ2) is 8.79. The number of benzene rings is 1. The van der Waals surface area contributed by atoms with E-state index in [-0.39, 0.29) is 11.6 Å². The molecule has 2 amide bonds. The highest BCUT2D eigenvalue weighted by Gasteiger charge is 2.38. The third-order valence-electron chi connectivity index (χ3n) is 4.95. The molecule has 2 heterocycles. The molecule has 30 heavy (non-hydrogen) atoms. The maximum Gasteiger partial charge on any atom is 0.280 e. The summed E-state index contributed by atoms with van der Waals surface area (Å²) in [5.74, 6) is -0.373. The highest BCUT2D eigenvalue weighted by Crippen LogP contribution is 2.32. The molecule has 1 N–H and O–H groups in total. The van der Waals surface area contributed by atoms with Crippen LogP contribution < -0.4 is 10.2 Å². The molecule has 1 aromatic carbocycles. The normalized spacial score (nSPS) is 12.4. The molecule has 3 aromatic rings. The van der Waals surface area contributed by atoms with Gasteiger partial charge in [-0.05, 0) is 81.0 Å². The van der Waals surface area contributed by atoms with Crippen molar-refractivity contribution in [2.75, 3.05) is 4.90 Å². The molecule has 0 fully saturated rings. The number of aryl methyl sites for hydroxylation is 2. The predicted octanol–water partition coefficient (Wildman–Crippen LogP) is 4.44. The Morgan fingerprint density at radius 3 is 2.47 bits per heavy atom. The highest BCUT2D eigenvalue weighted by atomic mass is 32.1. The van der Waals surface area contributed by atoms with Crippen molar-refractivity contribution in [2.24, 2.45) is 0 Å². The lowest BCUT2D eigenvalue weighted by atomic mass is 10.00. The van der Waals surface area contributed by atoms with Gasteiger partial charge in [0.1, 0.15) is 5.76 Å². The van der Waals surface area contributed by atoms with Gasteiger partial charge in [-0.15, -0.1) is 5.10 Å². The summed E-state index contributed by atoms with van der Waals surface area (Å²) < 4.78 is 9.42. The lowest BCUT2D eigenvalue weighted by Gasteiger charge is -2.33. The Kier molecular flexibility index (Phi) is 6.36. The number of anilines is 1. The van der Waals surface area contributed by atoms with Gasteiger partial charge in [-0.25, -0.2) is 0 Å². The molecule has 2 aromatic heterocycles. The monoisotopic (exact) mass is 426 g/mol. The lowest BCUT2D eigenvalue weighted by molar-refractivity contribution is -0.124. The number of nitrogens with zero attached hydrogens (tertiary/aromatic N) is 3. The van der Waals surface area contributed by atoms with E-state index < -0.39 is 17.5 Å². The molecule has 3 rings (SSSR count). The number of carbonyl (C=O) groups is 2. The van der Waals surface area contributed by atoms with Crippen LogP contribution in [0.25, 0.3) is 0 Å². The van der Waals surface area contributed by atoms with E-state index in [2.05, 4.69) is 14.9 Å². The van der Waals surface area contributed by atoms with Gasteiger partial charge in [0.05, 0.1) is 6.26 Å². The Labute approximate surface area is 180 Å². The smallest absolute Gasteiger partial charge is 0.280 e. The molecule has 0 spiro atoms. The van der Waals surface area contributed by atoms with Crippen molar-refractivity contribution >= 4 is 29.0 Å². The summed E-state index contributed by atoms with van der Waals surface area (Å²) in [6.45, 7) is 9.78. The minimum atomic E-state index is -0.999. The summed E-state index contributed by atoms with van der Waals surface area (Å²) in [6, 6.07) is 8.16. The summed E-state index contributed by atoms with van der Waals surface area (Å²) in [5.41, 5.74) is 2.29. The Morgan fingerprint density at radius 2 is 1.93 bits per heavy atom. The molecular formula is C22H26N4O3S. The largest absolute Gasteiger partial charge is 0.467 e. The van der Waals surface area contributed by atoms with Gasteiger partial charge in [-0.1, -0.05) is 17.5 Å². The van der Waals surface area contributed by atoms with Crippen LogP contribution in [0, 0.1) is 13.8 Å². The van der Waals surface area contributed by atoms with Gasteiger partial charge in [0.15, 0.2) is 11.7 Å². The van der Waals surface area contributed by atoms with Crippen molar-refractivity contribution in [1.82, 2.24) is 14.9 Å². The van der Waals surface area contributed by atoms with Crippen molar-refractivity contribution in [3.63, 3.8) is 0 Å². The van der Waals surface area contributed by atoms with E-state index in [1.165, 1.54) is 11.2 Å². The maximum absolute atomic E-state index is 13.5. The van der Waals surface area contributed by atoms with Gasteiger partial charge < -0.3 is 9.73 Å². The lowest BCUT2D eigenvalue weighted by Crippen LogP contribution is -2.50. The van der Waals surface area contributed by atoms with Crippen molar-refractivity contribution < 1.29 is 14.0 Å². The van der Waals surface area contributed by atoms with Crippen LogP contribution in [0.3, 0.4) is 0 Å². The molecule has 0 aliphatic heterocycles. The minimum Gasteiger partial charge on any atom is -0.467 e. The fraction of sp³-hybridized carbons (Fsp3) is 0.364. The first-order valence-electron chi connectivity index (χ1n) is 9.76. The molecule has 1 atom stereocenters. The fourth-order valence-electron chi connectivity index (χ4n) is 3.17. The van der Waals surface area contributed by atoms with Crippen molar-refractivity contribution in [2.45, 2.75) is 52.6 Å². The van der Waals surface area contributed by atoms with E-state index >= 15 is 0 Å². The molecule has 0 bridgehead atoms. The number of amides is 2. The van der Waals surface area contributed by atoms with Gasteiger partial charge in [0.25, 0.3) is 11.8 Å². The van der Waals surface area contributed by atoms with Gasteiger partial charge in [-0.3, -0.25) is 14.5 Å². The van der Waals surface area contributed by atoms with Crippen LogP contribution in [0.1, 0.15) is 60.6 Å². The minimum absolute atomic E-state index is 0.179. The molecule has 0 saturated carbocycles. The van der Waals surface area contributed by atoms with Crippen molar-refractivity contribution in [1.29, 1.82) is 0 Å². The summed E-state index contributed by atoms with van der Waals surface area (Å²) in [6.07, 6.45) is 2.23. The van der Waals surface area contributed by atoms with Crippen LogP contribution in [-0.2, 0) is 4.79 Å². The molecule has 158 valence electrons. The highest BCUT2D eigenvalue weighted by molar-refractivity contribution is 7.03. The van der Waals surface area contributed by atoms with Crippen LogP contribution in [0.2, 0.25) is 0 Å². The summed E-state index contributed by atoms with van der Waals surface area (Å²) in [5, 5.41) is 8.56. The molecule has 0 radical (unpaired) electrons. The molecule has 1 unspecified atom stereocenters. The van der Waals surface area contributed by atoms with Crippen LogP contribution in [0.4, 0.5) is 5.69 Å². The summed E-state index contributed by atoms with van der Waals surface area (Å²) in [7, 11) is 0. The molecule has 0 aliphatic carbocycles.